The SMILES string of the molecule is Cc1nc(C(F)(F)F)c(C(=O)N[C@H]2CCCn3nc(-c4ccnc(C(F)(F)F)c4)cc32)s1. The number of amides is 1. The van der Waals surface area contributed by atoms with Crippen molar-refractivity contribution in [3.05, 3.63) is 51.4 Å². The van der Waals surface area contributed by atoms with E-state index in [1.165, 1.54) is 19.1 Å². The second-order valence-electron chi connectivity index (χ2n) is 7.18. The van der Waals surface area contributed by atoms with Crippen LogP contribution in [0.2, 0.25) is 0 Å². The van der Waals surface area contributed by atoms with E-state index in [0.29, 0.717) is 36.4 Å². The molecule has 0 fully saturated rings. The summed E-state index contributed by atoms with van der Waals surface area (Å²) in [5, 5.41) is 7.02. The second-order valence-corrected chi connectivity index (χ2v) is 8.38. The zero-order valence-electron chi connectivity index (χ0n) is 16.4. The highest BCUT2D eigenvalue weighted by atomic mass is 32.1. The number of hydrogen-bond donors (Lipinski definition) is 1. The molecule has 0 spiro atoms. The highest BCUT2D eigenvalue weighted by Crippen LogP contribution is 2.36. The van der Waals surface area contributed by atoms with Gasteiger partial charge in [0.1, 0.15) is 10.6 Å². The first kappa shape index (κ1) is 22.2. The standard InChI is InChI=1S/C19H15F6N5OS/c1-9-27-16(19(23,24)25)15(32-9)17(31)28-11-3-2-6-30-13(11)8-12(29-30)10-4-5-26-14(7-10)18(20,21)22/h4-5,7-8,11H,2-3,6H2,1H3,(H,28,31)/t11-/m0/s1. The van der Waals surface area contributed by atoms with Gasteiger partial charge in [0.25, 0.3) is 5.91 Å². The third-order valence-electron chi connectivity index (χ3n) is 4.89. The number of carbonyl (C=O) groups excluding carboxylic acids is 1. The second kappa shape index (κ2) is 7.87. The maximum Gasteiger partial charge on any atom is 0.435 e. The summed E-state index contributed by atoms with van der Waals surface area (Å²) in [6.45, 7) is 1.84. The minimum atomic E-state index is -4.77. The van der Waals surface area contributed by atoms with Crippen LogP contribution in [0, 0.1) is 6.92 Å². The van der Waals surface area contributed by atoms with Crippen molar-refractivity contribution in [1.82, 2.24) is 25.1 Å². The fourth-order valence-electron chi connectivity index (χ4n) is 3.51. The molecule has 1 N–H and O–H groups in total. The predicted molar refractivity (Wildman–Crippen MR) is 102 cm³/mol. The van der Waals surface area contributed by atoms with Gasteiger partial charge in [0.05, 0.1) is 22.4 Å². The van der Waals surface area contributed by atoms with Gasteiger partial charge < -0.3 is 5.32 Å². The molecule has 4 rings (SSSR count). The van der Waals surface area contributed by atoms with Gasteiger partial charge in [-0.1, -0.05) is 0 Å². The molecular formula is C19H15F6N5OS. The summed E-state index contributed by atoms with van der Waals surface area (Å²) in [4.78, 5) is 18.9. The van der Waals surface area contributed by atoms with Crippen LogP contribution in [0.15, 0.2) is 24.4 Å². The molecule has 1 amide bonds. The molecule has 1 aliphatic rings. The molecule has 3 aromatic heterocycles. The first-order chi connectivity index (χ1) is 14.9. The first-order valence-electron chi connectivity index (χ1n) is 9.40. The lowest BCUT2D eigenvalue weighted by atomic mass is 10.0. The average Bonchev–Trinajstić information content (AvgIpc) is 3.32. The Hall–Kier alpha value is -2.96. The Morgan fingerprint density at radius 1 is 1.19 bits per heavy atom. The van der Waals surface area contributed by atoms with Crippen molar-refractivity contribution in [2.75, 3.05) is 0 Å². The van der Waals surface area contributed by atoms with Gasteiger partial charge in [-0.15, -0.1) is 11.3 Å². The Kier molecular flexibility index (Phi) is 5.47. The maximum absolute atomic E-state index is 13.2. The molecule has 0 aromatic carbocycles. The minimum absolute atomic E-state index is 0.108. The monoisotopic (exact) mass is 475 g/mol. The Morgan fingerprint density at radius 2 is 1.94 bits per heavy atom. The van der Waals surface area contributed by atoms with Crippen LogP contribution in [0.4, 0.5) is 26.3 Å². The number of thiazole rings is 1. The summed E-state index contributed by atoms with van der Waals surface area (Å²) in [6.07, 6.45) is -7.33. The van der Waals surface area contributed by atoms with Crippen molar-refractivity contribution in [3.8, 4) is 11.3 Å². The molecular weight excluding hydrogens is 460 g/mol. The van der Waals surface area contributed by atoms with E-state index in [-0.39, 0.29) is 16.3 Å². The zero-order valence-corrected chi connectivity index (χ0v) is 17.2. The van der Waals surface area contributed by atoms with Crippen LogP contribution in [0.1, 0.15) is 50.6 Å². The molecule has 1 aliphatic heterocycles. The molecule has 4 heterocycles. The Bertz CT molecular complexity index is 1170. The van der Waals surface area contributed by atoms with Crippen LogP contribution in [-0.2, 0) is 18.9 Å². The number of nitrogens with zero attached hydrogens (tertiary/aromatic N) is 4. The van der Waals surface area contributed by atoms with E-state index in [1.807, 2.05) is 0 Å². The van der Waals surface area contributed by atoms with Crippen molar-refractivity contribution in [2.45, 2.75) is 44.7 Å². The van der Waals surface area contributed by atoms with Crippen molar-refractivity contribution >= 4 is 17.2 Å². The van der Waals surface area contributed by atoms with Gasteiger partial charge >= 0.3 is 12.4 Å². The van der Waals surface area contributed by atoms with Crippen LogP contribution in [-0.4, -0.2) is 25.7 Å². The zero-order chi connectivity index (χ0) is 23.3. The summed E-state index contributed by atoms with van der Waals surface area (Å²) in [5.74, 6) is -0.910. The quantitative estimate of drug-likeness (QED) is 0.541. The summed E-state index contributed by atoms with van der Waals surface area (Å²) in [5.41, 5.74) is -1.36. The number of aryl methyl sites for hydroxylation is 2. The maximum atomic E-state index is 13.2. The molecule has 0 saturated carbocycles. The number of halogens is 6. The number of carbonyl (C=O) groups is 1. The Balaban J connectivity index is 1.62. The van der Waals surface area contributed by atoms with Crippen molar-refractivity contribution < 1.29 is 31.1 Å². The minimum Gasteiger partial charge on any atom is -0.343 e. The van der Waals surface area contributed by atoms with Crippen molar-refractivity contribution in [3.63, 3.8) is 0 Å². The lowest BCUT2D eigenvalue weighted by Crippen LogP contribution is -2.33. The number of hydrogen-bond acceptors (Lipinski definition) is 5. The molecule has 6 nitrogen and oxygen atoms in total. The number of rotatable bonds is 3. The van der Waals surface area contributed by atoms with Crippen molar-refractivity contribution in [2.24, 2.45) is 0 Å². The van der Waals surface area contributed by atoms with Gasteiger partial charge in [-0.3, -0.25) is 14.5 Å². The van der Waals surface area contributed by atoms with Crippen LogP contribution in [0.3, 0.4) is 0 Å². The summed E-state index contributed by atoms with van der Waals surface area (Å²) in [6, 6.07) is 3.14. The Labute approximate surface area is 181 Å². The van der Waals surface area contributed by atoms with E-state index in [9.17, 15) is 31.1 Å². The molecule has 170 valence electrons. The largest absolute Gasteiger partial charge is 0.435 e. The average molecular weight is 475 g/mol. The van der Waals surface area contributed by atoms with Crippen molar-refractivity contribution in [1.29, 1.82) is 0 Å². The Morgan fingerprint density at radius 3 is 2.62 bits per heavy atom. The van der Waals surface area contributed by atoms with E-state index in [1.54, 1.807) is 4.68 Å². The van der Waals surface area contributed by atoms with Gasteiger partial charge in [-0.25, -0.2) is 4.98 Å². The molecule has 1 atom stereocenters. The topological polar surface area (TPSA) is 72.7 Å². The van der Waals surface area contributed by atoms with Gasteiger partial charge in [-0.2, -0.15) is 31.4 Å². The smallest absolute Gasteiger partial charge is 0.343 e. The molecule has 3 aromatic rings. The molecule has 0 aliphatic carbocycles. The van der Waals surface area contributed by atoms with Crippen LogP contribution < -0.4 is 5.32 Å². The lowest BCUT2D eigenvalue weighted by Gasteiger charge is -2.24. The molecule has 0 saturated heterocycles. The predicted octanol–water partition coefficient (Wildman–Crippen LogP) is 5.01. The van der Waals surface area contributed by atoms with Gasteiger partial charge in [0.15, 0.2) is 5.69 Å². The number of aromatic nitrogens is 4. The molecule has 0 bridgehead atoms. The normalized spacial score (nSPS) is 16.7. The van der Waals surface area contributed by atoms with Gasteiger partial charge in [-0.05, 0) is 38.0 Å². The van der Waals surface area contributed by atoms with Crippen LogP contribution >= 0.6 is 11.3 Å². The highest BCUT2D eigenvalue weighted by molar-refractivity contribution is 7.13. The number of fused-ring (bicyclic) bond motifs is 1. The molecule has 0 radical (unpaired) electrons. The fourth-order valence-corrected chi connectivity index (χ4v) is 4.35. The fraction of sp³-hybridized carbons (Fsp3) is 0.368. The van der Waals surface area contributed by atoms with Gasteiger partial charge in [0.2, 0.25) is 0 Å². The summed E-state index contributed by atoms with van der Waals surface area (Å²) in [7, 11) is 0. The summed E-state index contributed by atoms with van der Waals surface area (Å²) >= 11 is 0.646. The third kappa shape index (κ3) is 4.33. The summed E-state index contributed by atoms with van der Waals surface area (Å²) < 4.78 is 80.1. The number of alkyl halides is 6. The molecule has 32 heavy (non-hydrogen) atoms. The third-order valence-corrected chi connectivity index (χ3v) is 5.86. The van der Waals surface area contributed by atoms with Gasteiger partial charge in [0, 0.05) is 18.3 Å². The first-order valence-corrected chi connectivity index (χ1v) is 10.2. The van der Waals surface area contributed by atoms with E-state index in [4.69, 9.17) is 0 Å². The number of pyridine rings is 1. The van der Waals surface area contributed by atoms with E-state index >= 15 is 0 Å². The van der Waals surface area contributed by atoms with E-state index in [2.05, 4.69) is 20.4 Å². The van der Waals surface area contributed by atoms with Crippen LogP contribution in [0.5, 0.6) is 0 Å². The number of nitrogens with one attached hydrogen (secondary N) is 1. The van der Waals surface area contributed by atoms with E-state index in [0.717, 1.165) is 12.3 Å². The highest BCUT2D eigenvalue weighted by Gasteiger charge is 2.40. The molecule has 13 heteroatoms. The van der Waals surface area contributed by atoms with E-state index < -0.39 is 40.6 Å². The molecule has 0 unspecified atom stereocenters. The lowest BCUT2D eigenvalue weighted by molar-refractivity contribution is -0.141. The van der Waals surface area contributed by atoms with Crippen LogP contribution in [0.25, 0.3) is 11.3 Å².